The zero-order valence-corrected chi connectivity index (χ0v) is 18.6. The topological polar surface area (TPSA) is 84.7 Å². The average molecular weight is 448 g/mol. The molecule has 3 heterocycles. The van der Waals surface area contributed by atoms with Gasteiger partial charge in [0.15, 0.2) is 5.76 Å². The molecule has 0 bridgehead atoms. The van der Waals surface area contributed by atoms with Crippen molar-refractivity contribution >= 4 is 11.8 Å². The van der Waals surface area contributed by atoms with E-state index in [0.717, 1.165) is 37.0 Å². The molecule has 1 saturated heterocycles. The summed E-state index contributed by atoms with van der Waals surface area (Å²) in [5, 5.41) is 2.92. The highest BCUT2D eigenvalue weighted by Crippen LogP contribution is 2.21. The number of carbonyl (C=O) groups is 2. The van der Waals surface area contributed by atoms with Crippen molar-refractivity contribution in [1.29, 1.82) is 0 Å². The highest BCUT2D eigenvalue weighted by atomic mass is 16.5. The summed E-state index contributed by atoms with van der Waals surface area (Å²) in [5.74, 6) is 0.625. The molecule has 1 N–H and O–H groups in total. The smallest absolute Gasteiger partial charge is 0.290 e. The molecule has 4 rings (SSSR count). The molecule has 2 amide bonds. The Morgan fingerprint density at radius 1 is 1.12 bits per heavy atom. The van der Waals surface area contributed by atoms with Crippen LogP contribution in [0.2, 0.25) is 0 Å². The van der Waals surface area contributed by atoms with Crippen LogP contribution in [0.5, 0.6) is 5.75 Å². The quantitative estimate of drug-likeness (QED) is 0.501. The minimum Gasteiger partial charge on any atom is -0.494 e. The van der Waals surface area contributed by atoms with Crippen LogP contribution >= 0.6 is 0 Å². The molecule has 0 radical (unpaired) electrons. The van der Waals surface area contributed by atoms with Crippen LogP contribution in [-0.4, -0.2) is 40.9 Å². The van der Waals surface area contributed by atoms with Gasteiger partial charge in [-0.2, -0.15) is 0 Å². The van der Waals surface area contributed by atoms with Gasteiger partial charge < -0.3 is 19.4 Å². The van der Waals surface area contributed by atoms with Crippen molar-refractivity contribution in [2.45, 2.75) is 44.7 Å². The van der Waals surface area contributed by atoms with Gasteiger partial charge in [0, 0.05) is 25.5 Å². The number of rotatable bonds is 9. The van der Waals surface area contributed by atoms with Crippen LogP contribution in [0.25, 0.3) is 0 Å². The van der Waals surface area contributed by atoms with E-state index in [0.29, 0.717) is 26.1 Å². The number of aromatic nitrogens is 1. The van der Waals surface area contributed by atoms with Gasteiger partial charge in [-0.15, -0.1) is 0 Å². The average Bonchev–Trinajstić information content (AvgIpc) is 3.31. The third kappa shape index (κ3) is 6.22. The summed E-state index contributed by atoms with van der Waals surface area (Å²) in [6.45, 7) is 1.57. The number of hydrogen-bond acceptors (Lipinski definition) is 5. The summed E-state index contributed by atoms with van der Waals surface area (Å²) < 4.78 is 11.2. The summed E-state index contributed by atoms with van der Waals surface area (Å²) in [7, 11) is 0. The second-order valence-corrected chi connectivity index (χ2v) is 8.17. The Labute approximate surface area is 193 Å². The number of nitrogens with one attached hydrogen (secondary N) is 1. The highest BCUT2D eigenvalue weighted by molar-refractivity contribution is 5.95. The normalized spacial score (nSPS) is 16.0. The molecule has 172 valence electrons. The van der Waals surface area contributed by atoms with Gasteiger partial charge in [0.1, 0.15) is 11.8 Å². The highest BCUT2D eigenvalue weighted by Gasteiger charge is 2.32. The fourth-order valence-corrected chi connectivity index (χ4v) is 3.99. The number of ether oxygens (including phenoxy) is 1. The third-order valence-electron chi connectivity index (χ3n) is 5.75. The van der Waals surface area contributed by atoms with Gasteiger partial charge in [-0.25, -0.2) is 0 Å². The summed E-state index contributed by atoms with van der Waals surface area (Å²) in [5.41, 5.74) is 2.12. The van der Waals surface area contributed by atoms with Crippen molar-refractivity contribution in [2.24, 2.45) is 0 Å². The number of nitrogens with zero attached hydrogens (tertiary/aromatic N) is 2. The molecule has 0 aliphatic carbocycles. The minimum absolute atomic E-state index is 0.110. The summed E-state index contributed by atoms with van der Waals surface area (Å²) >= 11 is 0. The second-order valence-electron chi connectivity index (χ2n) is 8.17. The Balaban J connectivity index is 1.38. The van der Waals surface area contributed by atoms with E-state index >= 15 is 0 Å². The first-order valence-electron chi connectivity index (χ1n) is 11.4. The number of benzene rings is 1. The van der Waals surface area contributed by atoms with Crippen molar-refractivity contribution in [3.05, 3.63) is 84.1 Å². The van der Waals surface area contributed by atoms with Gasteiger partial charge >= 0.3 is 0 Å². The molecule has 2 aromatic heterocycles. The maximum atomic E-state index is 13.1. The lowest BCUT2D eigenvalue weighted by atomic mass is 10.1. The number of pyridine rings is 1. The maximum absolute atomic E-state index is 13.1. The Morgan fingerprint density at radius 2 is 2.00 bits per heavy atom. The van der Waals surface area contributed by atoms with Crippen molar-refractivity contribution in [3.8, 4) is 5.75 Å². The Bertz CT molecular complexity index is 1020. The van der Waals surface area contributed by atoms with Gasteiger partial charge in [0.05, 0.1) is 12.9 Å². The van der Waals surface area contributed by atoms with E-state index in [4.69, 9.17) is 9.15 Å². The van der Waals surface area contributed by atoms with Gasteiger partial charge in [-0.3, -0.25) is 14.6 Å². The van der Waals surface area contributed by atoms with E-state index in [9.17, 15) is 9.59 Å². The summed E-state index contributed by atoms with van der Waals surface area (Å²) in [6.07, 6.45) is 9.37. The molecule has 1 aliphatic heterocycles. The largest absolute Gasteiger partial charge is 0.494 e. The molecule has 1 aliphatic rings. The lowest BCUT2D eigenvalue weighted by molar-refractivity contribution is -0.125. The minimum atomic E-state index is -0.520. The van der Waals surface area contributed by atoms with E-state index in [1.54, 1.807) is 23.2 Å². The lowest BCUT2D eigenvalue weighted by Crippen LogP contribution is -2.48. The molecule has 1 aromatic carbocycles. The molecule has 7 heteroatoms. The van der Waals surface area contributed by atoms with Crippen molar-refractivity contribution < 1.29 is 18.7 Å². The number of amides is 2. The lowest BCUT2D eigenvalue weighted by Gasteiger charge is -2.29. The molecule has 0 saturated carbocycles. The maximum Gasteiger partial charge on any atom is 0.290 e. The van der Waals surface area contributed by atoms with Crippen molar-refractivity contribution in [2.75, 3.05) is 13.2 Å². The first kappa shape index (κ1) is 22.6. The number of furan rings is 1. The second kappa shape index (κ2) is 11.3. The third-order valence-corrected chi connectivity index (χ3v) is 5.75. The molecule has 3 aromatic rings. The van der Waals surface area contributed by atoms with Crippen LogP contribution in [0.15, 0.2) is 71.6 Å². The SMILES string of the molecule is O=C1NCCCC[C@@H]1N(Cc1ccc(OCCCc2cccnc2)cc1)C(=O)c1ccco1. The molecule has 0 spiro atoms. The van der Waals surface area contributed by atoms with Crippen LogP contribution in [0, 0.1) is 0 Å². The van der Waals surface area contributed by atoms with Crippen LogP contribution in [-0.2, 0) is 17.8 Å². The summed E-state index contributed by atoms with van der Waals surface area (Å²) in [4.78, 5) is 31.6. The van der Waals surface area contributed by atoms with E-state index in [1.165, 1.54) is 11.8 Å². The molecule has 33 heavy (non-hydrogen) atoms. The van der Waals surface area contributed by atoms with Crippen molar-refractivity contribution in [3.63, 3.8) is 0 Å². The fourth-order valence-electron chi connectivity index (χ4n) is 3.99. The molecule has 1 atom stereocenters. The van der Waals surface area contributed by atoms with Gasteiger partial charge in [0.25, 0.3) is 5.91 Å². The Kier molecular flexibility index (Phi) is 7.74. The number of carbonyl (C=O) groups excluding carboxylic acids is 2. The molecular formula is C26H29N3O4. The standard InChI is InChI=1S/C26H29N3O4/c30-25-23(8-1-2-15-28-25)29(26(31)24-9-5-17-33-24)19-21-10-12-22(13-11-21)32-16-4-7-20-6-3-14-27-18-20/h3,5-6,9-14,17-18,23H,1-2,4,7-8,15-16,19H2,(H,28,30)/t23-/m0/s1. The molecule has 7 nitrogen and oxygen atoms in total. The predicted molar refractivity (Wildman–Crippen MR) is 124 cm³/mol. The fraction of sp³-hybridized carbons (Fsp3) is 0.346. The van der Waals surface area contributed by atoms with Crippen molar-refractivity contribution in [1.82, 2.24) is 15.2 Å². The summed E-state index contributed by atoms with van der Waals surface area (Å²) in [6, 6.07) is 14.5. The van der Waals surface area contributed by atoms with Gasteiger partial charge in [-0.1, -0.05) is 18.2 Å². The van der Waals surface area contributed by atoms with E-state index in [-0.39, 0.29) is 17.6 Å². The monoisotopic (exact) mass is 447 g/mol. The first-order valence-corrected chi connectivity index (χ1v) is 11.4. The Morgan fingerprint density at radius 3 is 2.76 bits per heavy atom. The van der Waals surface area contributed by atoms with E-state index in [2.05, 4.69) is 16.4 Å². The van der Waals surface area contributed by atoms with Crippen LogP contribution in [0.1, 0.15) is 47.4 Å². The number of hydrogen-bond donors (Lipinski definition) is 1. The zero-order valence-electron chi connectivity index (χ0n) is 18.6. The predicted octanol–water partition coefficient (Wildman–Crippen LogP) is 4.00. The van der Waals surface area contributed by atoms with Crippen LogP contribution in [0.4, 0.5) is 0 Å². The molecule has 0 unspecified atom stereocenters. The van der Waals surface area contributed by atoms with Crippen LogP contribution in [0.3, 0.4) is 0 Å². The molecule has 1 fully saturated rings. The van der Waals surface area contributed by atoms with Gasteiger partial charge in [0.2, 0.25) is 5.91 Å². The molecular weight excluding hydrogens is 418 g/mol. The zero-order chi connectivity index (χ0) is 22.9. The Hall–Kier alpha value is -3.61. The van der Waals surface area contributed by atoms with Gasteiger partial charge in [-0.05, 0) is 73.6 Å². The van der Waals surface area contributed by atoms with E-state index < -0.39 is 6.04 Å². The van der Waals surface area contributed by atoms with Crippen LogP contribution < -0.4 is 10.1 Å². The van der Waals surface area contributed by atoms with E-state index in [1.807, 2.05) is 36.5 Å². The first-order chi connectivity index (χ1) is 16.2. The number of aryl methyl sites for hydroxylation is 1.